The predicted molar refractivity (Wildman–Crippen MR) is 115 cm³/mol. The van der Waals surface area contributed by atoms with Crippen LogP contribution in [0.1, 0.15) is 6.04 Å². The molecule has 0 N–H and O–H groups in total. The molecule has 10 heteroatoms. The maximum Gasteiger partial charge on any atom is 0.262 e. The van der Waals surface area contributed by atoms with Crippen molar-refractivity contribution in [2.24, 2.45) is 0 Å². The lowest BCUT2D eigenvalue weighted by Gasteiger charge is -2.15. The fourth-order valence-electron chi connectivity index (χ4n) is 3.29. The van der Waals surface area contributed by atoms with Crippen LogP contribution in [0.3, 0.4) is 0 Å². The van der Waals surface area contributed by atoms with Gasteiger partial charge in [0.25, 0.3) is 5.56 Å². The van der Waals surface area contributed by atoms with Gasteiger partial charge in [-0.3, -0.25) is 9.36 Å². The number of benzene rings is 2. The van der Waals surface area contributed by atoms with Gasteiger partial charge in [0.15, 0.2) is 26.5 Å². The van der Waals surface area contributed by atoms with E-state index in [1.165, 1.54) is 30.5 Å². The van der Waals surface area contributed by atoms with Crippen LogP contribution < -0.4 is 15.0 Å². The molecule has 2 heterocycles. The third-order valence-corrected chi connectivity index (χ3v) is 8.17. The molecule has 7 nitrogen and oxygen atoms in total. The second-order valence-corrected chi connectivity index (χ2v) is 10.4. The number of hydrogen-bond acceptors (Lipinski definition) is 7. The highest BCUT2D eigenvalue weighted by Gasteiger charge is 2.31. The summed E-state index contributed by atoms with van der Waals surface area (Å²) in [7, 11) is -0.556. The Hall–Kier alpha value is -2.04. The van der Waals surface area contributed by atoms with Crippen LogP contribution in [0, 0.1) is 0 Å². The Labute approximate surface area is 180 Å². The van der Waals surface area contributed by atoms with Crippen LogP contribution >= 0.6 is 27.7 Å². The summed E-state index contributed by atoms with van der Waals surface area (Å²) in [5, 5.41) is 0.866. The second kappa shape index (κ2) is 7.66. The molecule has 0 aliphatic carbocycles. The number of methoxy groups -OCH3 is 2. The number of thioether (sulfide) groups is 1. The van der Waals surface area contributed by atoms with E-state index in [1.54, 1.807) is 36.4 Å². The summed E-state index contributed by atoms with van der Waals surface area (Å²) < 4.78 is 38.6. The molecule has 0 bridgehead atoms. The minimum absolute atomic E-state index is 0.172. The molecule has 0 saturated carbocycles. The molecule has 2 aromatic carbocycles. The number of sulfone groups is 1. The molecule has 0 fully saturated rings. The van der Waals surface area contributed by atoms with Crippen molar-refractivity contribution in [3.8, 4) is 11.5 Å². The summed E-state index contributed by atoms with van der Waals surface area (Å²) in [5.74, 6) is 1.19. The fourth-order valence-corrected chi connectivity index (χ4v) is 6.36. The summed E-state index contributed by atoms with van der Waals surface area (Å²) in [4.78, 5) is 18.0. The molecule has 0 spiro atoms. The molecule has 1 aromatic heterocycles. The molecule has 0 radical (unpaired) electrons. The number of halogens is 1. The molecule has 1 aliphatic heterocycles. The van der Waals surface area contributed by atoms with Crippen molar-refractivity contribution in [2.45, 2.75) is 16.1 Å². The predicted octanol–water partition coefficient (Wildman–Crippen LogP) is 3.30. The van der Waals surface area contributed by atoms with Gasteiger partial charge in [-0.25, -0.2) is 13.4 Å². The van der Waals surface area contributed by atoms with Crippen molar-refractivity contribution in [1.82, 2.24) is 9.55 Å². The van der Waals surface area contributed by atoms with Crippen LogP contribution in [0.4, 0.5) is 0 Å². The molecule has 152 valence electrons. The second-order valence-electron chi connectivity index (χ2n) is 6.49. The average Bonchev–Trinajstić information content (AvgIpc) is 3.09. The molecule has 0 saturated heterocycles. The Balaban J connectivity index is 1.77. The molecule has 0 unspecified atom stereocenters. The first-order chi connectivity index (χ1) is 13.8. The zero-order chi connectivity index (χ0) is 20.8. The van der Waals surface area contributed by atoms with Gasteiger partial charge in [-0.1, -0.05) is 27.7 Å². The van der Waals surface area contributed by atoms with Crippen molar-refractivity contribution < 1.29 is 17.9 Å². The van der Waals surface area contributed by atoms with Gasteiger partial charge in [-0.05, 0) is 30.3 Å². The molecule has 29 heavy (non-hydrogen) atoms. The lowest BCUT2D eigenvalue weighted by atomic mass is 10.2. The van der Waals surface area contributed by atoms with Crippen molar-refractivity contribution in [2.75, 3.05) is 25.7 Å². The largest absolute Gasteiger partial charge is 0.493 e. The fraction of sp³-hybridized carbons (Fsp3) is 0.263. The first-order valence-corrected chi connectivity index (χ1v) is 12.1. The van der Waals surface area contributed by atoms with Gasteiger partial charge in [0.2, 0.25) is 0 Å². The molecular formula is C19H17BrN2O5S2. The van der Waals surface area contributed by atoms with E-state index in [2.05, 4.69) is 20.9 Å². The minimum Gasteiger partial charge on any atom is -0.493 e. The van der Waals surface area contributed by atoms with Gasteiger partial charge in [-0.2, -0.15) is 0 Å². The van der Waals surface area contributed by atoms with Crippen molar-refractivity contribution in [3.63, 3.8) is 0 Å². The summed E-state index contributed by atoms with van der Waals surface area (Å²) in [5.41, 5.74) is 0.203. The van der Waals surface area contributed by atoms with E-state index in [0.717, 1.165) is 4.47 Å². The van der Waals surface area contributed by atoms with Crippen molar-refractivity contribution in [1.29, 1.82) is 0 Å². The van der Waals surface area contributed by atoms with Gasteiger partial charge in [0, 0.05) is 16.3 Å². The molecule has 3 aromatic rings. The summed E-state index contributed by atoms with van der Waals surface area (Å²) >= 11 is 4.68. The van der Waals surface area contributed by atoms with E-state index in [4.69, 9.17) is 9.47 Å². The van der Waals surface area contributed by atoms with Gasteiger partial charge in [0.1, 0.15) is 0 Å². The minimum atomic E-state index is -3.56. The SMILES string of the molecule is COc1cc2nc3n(c(=O)c2cc1OC)[C@@H](CS(=O)(=O)c1ccc(Br)cc1)CS3. The molecule has 1 atom stereocenters. The summed E-state index contributed by atoms with van der Waals surface area (Å²) in [6.45, 7) is 0. The Morgan fingerprint density at radius 3 is 2.48 bits per heavy atom. The standard InChI is InChI=1S/C19H17BrN2O5S2/c1-26-16-7-14-15(8-17(16)27-2)21-19-22(18(14)23)12(9-28-19)10-29(24,25)13-5-3-11(20)4-6-13/h3-8,12H,9-10H2,1-2H3/t12-/m1/s1. The molecule has 4 rings (SSSR count). The summed E-state index contributed by atoms with van der Waals surface area (Å²) in [6, 6.07) is 9.22. The first-order valence-electron chi connectivity index (χ1n) is 8.63. The van der Waals surface area contributed by atoms with Crippen molar-refractivity contribution in [3.05, 3.63) is 51.2 Å². The van der Waals surface area contributed by atoms with Gasteiger partial charge < -0.3 is 9.47 Å². The molecule has 1 aliphatic rings. The maximum atomic E-state index is 13.2. The monoisotopic (exact) mass is 496 g/mol. The van der Waals surface area contributed by atoms with Crippen LogP contribution in [0.15, 0.2) is 55.7 Å². The van der Waals surface area contributed by atoms with Gasteiger partial charge in [-0.15, -0.1) is 0 Å². The van der Waals surface area contributed by atoms with E-state index < -0.39 is 15.9 Å². The van der Waals surface area contributed by atoms with Crippen LogP contribution in [0.25, 0.3) is 10.9 Å². The highest BCUT2D eigenvalue weighted by molar-refractivity contribution is 9.10. The van der Waals surface area contributed by atoms with Crippen LogP contribution in [-0.4, -0.2) is 43.7 Å². The smallest absolute Gasteiger partial charge is 0.262 e. The zero-order valence-corrected chi connectivity index (χ0v) is 18.8. The number of ether oxygens (including phenoxy) is 2. The highest BCUT2D eigenvalue weighted by Crippen LogP contribution is 2.36. The Bertz CT molecular complexity index is 1260. The molecule has 0 amide bonds. The zero-order valence-electron chi connectivity index (χ0n) is 15.6. The Morgan fingerprint density at radius 1 is 1.17 bits per heavy atom. The first kappa shape index (κ1) is 20.2. The van der Waals surface area contributed by atoms with Gasteiger partial charge in [0.05, 0.1) is 41.8 Å². The molecular weight excluding hydrogens is 480 g/mol. The number of hydrogen-bond donors (Lipinski definition) is 0. The third kappa shape index (κ3) is 3.64. The quantitative estimate of drug-likeness (QED) is 0.500. The van der Waals surface area contributed by atoms with E-state index in [-0.39, 0.29) is 16.2 Å². The number of fused-ring (bicyclic) bond motifs is 2. The maximum absolute atomic E-state index is 13.2. The average molecular weight is 497 g/mol. The number of aromatic nitrogens is 2. The lowest BCUT2D eigenvalue weighted by molar-refractivity contribution is 0.355. The van der Waals surface area contributed by atoms with E-state index in [1.807, 2.05) is 0 Å². The highest BCUT2D eigenvalue weighted by atomic mass is 79.9. The summed E-state index contributed by atoms with van der Waals surface area (Å²) in [6.07, 6.45) is 0. The van der Waals surface area contributed by atoms with E-state index in [0.29, 0.717) is 33.3 Å². The van der Waals surface area contributed by atoms with E-state index >= 15 is 0 Å². The normalized spacial score (nSPS) is 16.0. The van der Waals surface area contributed by atoms with Crippen LogP contribution in [0.2, 0.25) is 0 Å². The Morgan fingerprint density at radius 2 is 1.83 bits per heavy atom. The van der Waals surface area contributed by atoms with Crippen LogP contribution in [0.5, 0.6) is 11.5 Å². The third-order valence-electron chi connectivity index (χ3n) is 4.73. The Kier molecular flexibility index (Phi) is 5.34. The van der Waals surface area contributed by atoms with Crippen molar-refractivity contribution >= 4 is 48.4 Å². The number of nitrogens with zero attached hydrogens (tertiary/aromatic N) is 2. The lowest BCUT2D eigenvalue weighted by Crippen LogP contribution is -2.29. The van der Waals surface area contributed by atoms with Crippen LogP contribution in [-0.2, 0) is 9.84 Å². The van der Waals surface area contributed by atoms with Gasteiger partial charge >= 0.3 is 0 Å². The van der Waals surface area contributed by atoms with E-state index in [9.17, 15) is 13.2 Å². The number of rotatable bonds is 5. The topological polar surface area (TPSA) is 87.5 Å².